The van der Waals surface area contributed by atoms with Crippen LogP contribution in [0.2, 0.25) is 0 Å². The Bertz CT molecular complexity index is 1400. The lowest BCUT2D eigenvalue weighted by molar-refractivity contribution is 0.612. The van der Waals surface area contributed by atoms with Gasteiger partial charge < -0.3 is 9.88 Å². The van der Waals surface area contributed by atoms with Gasteiger partial charge in [-0.25, -0.2) is 19.3 Å². The van der Waals surface area contributed by atoms with Gasteiger partial charge in [0.05, 0.1) is 12.5 Å². The Morgan fingerprint density at radius 2 is 2.03 bits per heavy atom. The highest BCUT2D eigenvalue weighted by molar-refractivity contribution is 5.86. The number of aromatic nitrogens is 5. The van der Waals surface area contributed by atoms with E-state index in [9.17, 15) is 4.39 Å². The summed E-state index contributed by atoms with van der Waals surface area (Å²) in [6, 6.07) is 10.6. The average Bonchev–Trinajstić information content (AvgIpc) is 3.41. The van der Waals surface area contributed by atoms with Crippen molar-refractivity contribution in [1.29, 1.82) is 0 Å². The number of nitrogens with one attached hydrogen (secondary N) is 1. The van der Waals surface area contributed by atoms with Crippen LogP contribution < -0.4 is 5.32 Å². The molecule has 3 aromatic heterocycles. The largest absolute Gasteiger partial charge is 0.365 e. The van der Waals surface area contributed by atoms with Crippen LogP contribution in [0.15, 0.2) is 54.6 Å². The summed E-state index contributed by atoms with van der Waals surface area (Å²) in [5.41, 5.74) is 7.90. The first-order valence-electron chi connectivity index (χ1n) is 11.5. The van der Waals surface area contributed by atoms with Crippen LogP contribution in [0, 0.1) is 5.82 Å². The van der Waals surface area contributed by atoms with Gasteiger partial charge in [0.2, 0.25) is 0 Å². The minimum absolute atomic E-state index is 0.189. The fourth-order valence-electron chi connectivity index (χ4n) is 5.06. The number of imidazole rings is 1. The molecule has 0 unspecified atom stereocenters. The van der Waals surface area contributed by atoms with Crippen LogP contribution in [0.3, 0.4) is 0 Å². The van der Waals surface area contributed by atoms with Gasteiger partial charge in [-0.15, -0.1) is 0 Å². The van der Waals surface area contributed by atoms with E-state index in [4.69, 9.17) is 9.97 Å². The number of benzene rings is 1. The molecule has 1 aromatic carbocycles. The maximum atomic E-state index is 13.9. The van der Waals surface area contributed by atoms with Gasteiger partial charge in [-0.2, -0.15) is 0 Å². The molecule has 0 fully saturated rings. The highest BCUT2D eigenvalue weighted by atomic mass is 19.1. The van der Waals surface area contributed by atoms with Gasteiger partial charge in [0, 0.05) is 23.8 Å². The number of halogens is 1. The monoisotopic (exact) mass is 440 g/mol. The van der Waals surface area contributed by atoms with E-state index in [0.717, 1.165) is 36.8 Å². The molecule has 0 amide bonds. The molecule has 6 nitrogen and oxygen atoms in total. The zero-order valence-corrected chi connectivity index (χ0v) is 18.7. The molecular weight excluding hydrogens is 415 g/mol. The third kappa shape index (κ3) is 3.48. The van der Waals surface area contributed by atoms with E-state index in [1.807, 2.05) is 4.57 Å². The van der Waals surface area contributed by atoms with E-state index >= 15 is 0 Å². The van der Waals surface area contributed by atoms with Crippen molar-refractivity contribution in [3.8, 4) is 11.4 Å². The Balaban J connectivity index is 1.38. The second kappa shape index (κ2) is 7.76. The van der Waals surface area contributed by atoms with E-state index in [1.54, 1.807) is 18.1 Å². The molecule has 6 rings (SSSR count). The zero-order chi connectivity index (χ0) is 22.5. The zero-order valence-electron chi connectivity index (χ0n) is 18.7. The lowest BCUT2D eigenvalue weighted by Gasteiger charge is -2.26. The number of fused-ring (bicyclic) bond motifs is 3. The summed E-state index contributed by atoms with van der Waals surface area (Å²) in [5.74, 6) is 0.732. The molecule has 7 heteroatoms. The van der Waals surface area contributed by atoms with Crippen LogP contribution in [0.1, 0.15) is 50.3 Å². The van der Waals surface area contributed by atoms with Crippen LogP contribution >= 0.6 is 0 Å². The quantitative estimate of drug-likeness (QED) is 0.448. The van der Waals surface area contributed by atoms with Gasteiger partial charge in [-0.1, -0.05) is 29.8 Å². The van der Waals surface area contributed by atoms with Gasteiger partial charge in [-0.3, -0.25) is 4.98 Å². The summed E-state index contributed by atoms with van der Waals surface area (Å²) >= 11 is 0. The molecule has 0 saturated heterocycles. The lowest BCUT2D eigenvalue weighted by Crippen LogP contribution is -2.24. The van der Waals surface area contributed by atoms with Crippen molar-refractivity contribution in [3.63, 3.8) is 0 Å². The van der Waals surface area contributed by atoms with Crippen molar-refractivity contribution in [2.24, 2.45) is 0 Å². The third-order valence-electron chi connectivity index (χ3n) is 6.70. The van der Waals surface area contributed by atoms with Crippen molar-refractivity contribution >= 4 is 22.6 Å². The molecule has 0 aliphatic heterocycles. The molecule has 0 radical (unpaired) electrons. The molecule has 166 valence electrons. The lowest BCUT2D eigenvalue weighted by atomic mass is 9.88. The Morgan fingerprint density at radius 3 is 2.88 bits per heavy atom. The van der Waals surface area contributed by atoms with Crippen molar-refractivity contribution in [2.75, 3.05) is 5.32 Å². The smallest absolute Gasteiger partial charge is 0.166 e. The summed E-state index contributed by atoms with van der Waals surface area (Å²) in [6.45, 7) is 4.18. The summed E-state index contributed by atoms with van der Waals surface area (Å²) in [7, 11) is 0. The molecule has 0 saturated carbocycles. The fourth-order valence-corrected chi connectivity index (χ4v) is 5.06. The predicted molar refractivity (Wildman–Crippen MR) is 127 cm³/mol. The normalized spacial score (nSPS) is 17.5. The molecule has 1 atom stereocenters. The number of anilines is 1. The second-order valence-corrected chi connectivity index (χ2v) is 9.21. The topological polar surface area (TPSA) is 68.5 Å². The average molecular weight is 441 g/mol. The molecule has 0 bridgehead atoms. The molecule has 33 heavy (non-hydrogen) atoms. The van der Waals surface area contributed by atoms with Crippen LogP contribution in [-0.4, -0.2) is 30.5 Å². The van der Waals surface area contributed by atoms with E-state index in [0.29, 0.717) is 17.2 Å². The maximum absolute atomic E-state index is 13.9. The fraction of sp³-hybridized carbons (Fsp3) is 0.308. The first-order valence-corrected chi connectivity index (χ1v) is 11.5. The third-order valence-corrected chi connectivity index (χ3v) is 6.70. The SMILES string of the molecule is CC(C)n1cnc2c(N[C@@H]3CCC4=C(C3)c3ccccc3C4)nc(-c3cncc(F)c3)nc21. The number of allylic oxidation sites excluding steroid dienone is 1. The minimum Gasteiger partial charge on any atom is -0.365 e. The summed E-state index contributed by atoms with van der Waals surface area (Å²) in [6.07, 6.45) is 8.74. The first kappa shape index (κ1) is 20.0. The minimum atomic E-state index is -0.408. The second-order valence-electron chi connectivity index (χ2n) is 9.21. The van der Waals surface area contributed by atoms with Gasteiger partial charge in [0.25, 0.3) is 0 Å². The highest BCUT2D eigenvalue weighted by Crippen LogP contribution is 2.42. The van der Waals surface area contributed by atoms with E-state index in [-0.39, 0.29) is 12.1 Å². The van der Waals surface area contributed by atoms with Crippen LogP contribution in [0.5, 0.6) is 0 Å². The van der Waals surface area contributed by atoms with E-state index in [2.05, 4.69) is 53.4 Å². The standard InChI is InChI=1S/C26H25FN6/c1-15(2)33-14-29-23-25(31-24(32-26(23)33)18-10-19(27)13-28-12-18)30-20-8-7-17-9-16-5-3-4-6-21(16)22(17)11-20/h3-6,10,12-15,20H,7-9,11H2,1-2H3,(H,30,31,32)/t20-/m1/s1. The van der Waals surface area contributed by atoms with Gasteiger partial charge >= 0.3 is 0 Å². The number of hydrogen-bond donors (Lipinski definition) is 1. The Labute approximate surface area is 191 Å². The number of pyridine rings is 1. The predicted octanol–water partition coefficient (Wildman–Crippen LogP) is 5.58. The molecule has 2 aliphatic rings. The molecule has 4 aromatic rings. The van der Waals surface area contributed by atoms with Gasteiger partial charge in [-0.05, 0) is 62.3 Å². The summed E-state index contributed by atoms with van der Waals surface area (Å²) in [4.78, 5) is 18.1. The van der Waals surface area contributed by atoms with Crippen molar-refractivity contribution in [2.45, 2.75) is 51.6 Å². The maximum Gasteiger partial charge on any atom is 0.166 e. The Morgan fingerprint density at radius 1 is 1.15 bits per heavy atom. The number of hydrogen-bond acceptors (Lipinski definition) is 5. The molecule has 1 N–H and O–H groups in total. The summed E-state index contributed by atoms with van der Waals surface area (Å²) in [5, 5.41) is 3.67. The number of nitrogens with zero attached hydrogens (tertiary/aromatic N) is 5. The number of rotatable bonds is 4. The summed E-state index contributed by atoms with van der Waals surface area (Å²) < 4.78 is 15.9. The molecular formula is C26H25FN6. The van der Waals surface area contributed by atoms with Crippen molar-refractivity contribution in [3.05, 3.63) is 71.6 Å². The highest BCUT2D eigenvalue weighted by Gasteiger charge is 2.29. The molecule has 3 heterocycles. The first-order chi connectivity index (χ1) is 16.1. The molecule has 2 aliphatic carbocycles. The van der Waals surface area contributed by atoms with Gasteiger partial charge in [0.15, 0.2) is 17.3 Å². The Hall–Kier alpha value is -3.61. The van der Waals surface area contributed by atoms with Crippen LogP contribution in [0.4, 0.5) is 10.2 Å². The van der Waals surface area contributed by atoms with Crippen LogP contribution in [-0.2, 0) is 6.42 Å². The Kier molecular flexibility index (Phi) is 4.71. The van der Waals surface area contributed by atoms with Gasteiger partial charge in [0.1, 0.15) is 11.3 Å². The van der Waals surface area contributed by atoms with E-state index in [1.165, 1.54) is 29.0 Å². The molecule has 0 spiro atoms. The van der Waals surface area contributed by atoms with Crippen molar-refractivity contribution < 1.29 is 4.39 Å². The van der Waals surface area contributed by atoms with E-state index < -0.39 is 5.82 Å². The van der Waals surface area contributed by atoms with Crippen molar-refractivity contribution in [1.82, 2.24) is 24.5 Å². The van der Waals surface area contributed by atoms with Crippen LogP contribution in [0.25, 0.3) is 28.1 Å².